The molecule has 0 bridgehead atoms. The molecule has 0 aromatic rings. The zero-order chi connectivity index (χ0) is 14.5. The van der Waals surface area contributed by atoms with E-state index in [0.717, 1.165) is 0 Å². The monoisotopic (exact) mass is 263 g/mol. The van der Waals surface area contributed by atoms with Crippen LogP contribution in [0.25, 0.3) is 0 Å². The van der Waals surface area contributed by atoms with Crippen LogP contribution in [0.5, 0.6) is 0 Å². The van der Waals surface area contributed by atoms with Gasteiger partial charge in [-0.05, 0) is 26.8 Å². The van der Waals surface area contributed by atoms with Gasteiger partial charge < -0.3 is 4.74 Å². The van der Waals surface area contributed by atoms with Crippen LogP contribution in [-0.2, 0) is 9.53 Å². The molecule has 1 aliphatic carbocycles. The minimum Gasteiger partial charge on any atom is -0.444 e. The third-order valence-corrected chi connectivity index (χ3v) is 2.49. The van der Waals surface area contributed by atoms with E-state index in [1.54, 1.807) is 18.2 Å². The quantitative estimate of drug-likeness (QED) is 0.735. The van der Waals surface area contributed by atoms with Crippen LogP contribution in [0.1, 0.15) is 27.2 Å². The third-order valence-electron chi connectivity index (χ3n) is 2.49. The molecule has 0 fully saturated rings. The number of nitrogens with zero attached hydrogens (tertiary/aromatic N) is 1. The van der Waals surface area contributed by atoms with E-state index in [9.17, 15) is 9.59 Å². The highest BCUT2D eigenvalue weighted by Gasteiger charge is 2.27. The lowest BCUT2D eigenvalue weighted by Crippen LogP contribution is -2.43. The number of hydrogen-bond acceptors (Lipinski definition) is 3. The summed E-state index contributed by atoms with van der Waals surface area (Å²) in [6.45, 7) is 9.42. The van der Waals surface area contributed by atoms with Crippen LogP contribution < -0.4 is 0 Å². The van der Waals surface area contributed by atoms with Gasteiger partial charge in [0.15, 0.2) is 5.78 Å². The Bertz CT molecular complexity index is 416. The lowest BCUT2D eigenvalue weighted by atomic mass is 10.1. The van der Waals surface area contributed by atoms with E-state index in [4.69, 9.17) is 4.74 Å². The first kappa shape index (κ1) is 15.2. The lowest BCUT2D eigenvalue weighted by molar-refractivity contribution is -0.115. The fourth-order valence-electron chi connectivity index (χ4n) is 1.72. The zero-order valence-corrected chi connectivity index (χ0v) is 11.8. The molecule has 4 nitrogen and oxygen atoms in total. The van der Waals surface area contributed by atoms with Crippen LogP contribution in [0, 0.1) is 0 Å². The summed E-state index contributed by atoms with van der Waals surface area (Å²) in [6.07, 6.45) is 8.25. The maximum Gasteiger partial charge on any atom is 0.411 e. The number of carbonyl (C=O) groups is 2. The molecule has 0 aromatic heterocycles. The molecule has 19 heavy (non-hydrogen) atoms. The van der Waals surface area contributed by atoms with Gasteiger partial charge in [0, 0.05) is 13.0 Å². The van der Waals surface area contributed by atoms with E-state index >= 15 is 0 Å². The van der Waals surface area contributed by atoms with Gasteiger partial charge in [-0.25, -0.2) is 4.79 Å². The molecule has 0 radical (unpaired) electrons. The number of ether oxygens (including phenoxy) is 1. The Labute approximate surface area is 114 Å². The fourth-order valence-corrected chi connectivity index (χ4v) is 1.72. The van der Waals surface area contributed by atoms with E-state index in [0.29, 0.717) is 6.54 Å². The summed E-state index contributed by atoms with van der Waals surface area (Å²) in [7, 11) is 0. The molecule has 4 heteroatoms. The van der Waals surface area contributed by atoms with Crippen LogP contribution >= 0.6 is 0 Å². The number of rotatable bonds is 3. The Kier molecular flexibility index (Phi) is 5.10. The van der Waals surface area contributed by atoms with Crippen LogP contribution in [0.3, 0.4) is 0 Å². The Morgan fingerprint density at radius 3 is 2.79 bits per heavy atom. The molecular weight excluding hydrogens is 242 g/mol. The van der Waals surface area contributed by atoms with Gasteiger partial charge in [-0.15, -0.1) is 6.58 Å². The molecule has 1 rings (SSSR count). The number of allylic oxidation sites excluding steroid dienone is 3. The summed E-state index contributed by atoms with van der Waals surface area (Å²) < 4.78 is 5.36. The first-order valence-corrected chi connectivity index (χ1v) is 6.31. The van der Waals surface area contributed by atoms with E-state index in [1.807, 2.05) is 26.8 Å². The van der Waals surface area contributed by atoms with Crippen molar-refractivity contribution in [2.24, 2.45) is 0 Å². The SMILES string of the molecule is C=CCN(C(=O)OC(C)(C)C)[C@@H]1C=CC=CC(=O)C1. The van der Waals surface area contributed by atoms with Gasteiger partial charge in [-0.3, -0.25) is 9.69 Å². The Morgan fingerprint density at radius 1 is 1.53 bits per heavy atom. The van der Waals surface area contributed by atoms with Gasteiger partial charge in [0.25, 0.3) is 0 Å². The number of amides is 1. The number of hydrogen-bond donors (Lipinski definition) is 0. The predicted molar refractivity (Wildman–Crippen MR) is 74.8 cm³/mol. The molecular formula is C15H21NO3. The van der Waals surface area contributed by atoms with Crippen LogP contribution in [-0.4, -0.2) is 35.0 Å². The summed E-state index contributed by atoms with van der Waals surface area (Å²) in [4.78, 5) is 25.2. The molecule has 104 valence electrons. The molecule has 1 atom stereocenters. The highest BCUT2D eigenvalue weighted by molar-refractivity contribution is 5.91. The highest BCUT2D eigenvalue weighted by atomic mass is 16.6. The Morgan fingerprint density at radius 2 is 2.21 bits per heavy atom. The van der Waals surface area contributed by atoms with Crippen LogP contribution in [0.4, 0.5) is 4.79 Å². The molecule has 0 aromatic carbocycles. The second kappa shape index (κ2) is 6.36. The summed E-state index contributed by atoms with van der Waals surface area (Å²) in [5, 5.41) is 0. The molecule has 0 heterocycles. The maximum absolute atomic E-state index is 12.2. The van der Waals surface area contributed by atoms with E-state index in [1.165, 1.54) is 11.0 Å². The van der Waals surface area contributed by atoms with Crippen molar-refractivity contribution in [3.05, 3.63) is 37.0 Å². The molecule has 1 amide bonds. The van der Waals surface area contributed by atoms with Gasteiger partial charge >= 0.3 is 6.09 Å². The maximum atomic E-state index is 12.2. The van der Waals surface area contributed by atoms with Crippen molar-refractivity contribution in [1.82, 2.24) is 4.90 Å². The smallest absolute Gasteiger partial charge is 0.411 e. The molecule has 0 saturated heterocycles. The van der Waals surface area contributed by atoms with Gasteiger partial charge in [-0.2, -0.15) is 0 Å². The van der Waals surface area contributed by atoms with Crippen molar-refractivity contribution >= 4 is 11.9 Å². The Balaban J connectivity index is 2.84. The first-order valence-electron chi connectivity index (χ1n) is 6.31. The lowest BCUT2D eigenvalue weighted by Gasteiger charge is -2.30. The van der Waals surface area contributed by atoms with Crippen LogP contribution in [0.2, 0.25) is 0 Å². The van der Waals surface area contributed by atoms with E-state index in [-0.39, 0.29) is 18.2 Å². The second-order valence-corrected chi connectivity index (χ2v) is 5.40. The summed E-state index contributed by atoms with van der Waals surface area (Å²) in [5.74, 6) is -0.00683. The summed E-state index contributed by atoms with van der Waals surface area (Å²) >= 11 is 0. The van der Waals surface area contributed by atoms with Crippen molar-refractivity contribution in [3.8, 4) is 0 Å². The van der Waals surface area contributed by atoms with Gasteiger partial charge in [-0.1, -0.05) is 24.3 Å². The Hall–Kier alpha value is -1.84. The van der Waals surface area contributed by atoms with Crippen molar-refractivity contribution in [2.75, 3.05) is 6.54 Å². The topological polar surface area (TPSA) is 46.6 Å². The molecule has 0 aliphatic heterocycles. The van der Waals surface area contributed by atoms with Gasteiger partial charge in [0.1, 0.15) is 5.60 Å². The molecule has 0 unspecified atom stereocenters. The standard InChI is InChI=1S/C15H21NO3/c1-5-10-16(14(18)19-15(2,3)4)12-8-6-7-9-13(17)11-12/h5-9,12H,1,10-11H2,2-4H3/t12-/m1/s1. The largest absolute Gasteiger partial charge is 0.444 e. The normalized spacial score (nSPS) is 18.9. The molecule has 0 N–H and O–H groups in total. The number of carbonyl (C=O) groups excluding carboxylic acids is 2. The van der Waals surface area contributed by atoms with Crippen molar-refractivity contribution in [1.29, 1.82) is 0 Å². The fraction of sp³-hybridized carbons (Fsp3) is 0.467. The summed E-state index contributed by atoms with van der Waals surface area (Å²) in [6, 6.07) is -0.296. The van der Waals surface area contributed by atoms with E-state index in [2.05, 4.69) is 6.58 Å². The number of ketones is 1. The average molecular weight is 263 g/mol. The molecule has 1 aliphatic rings. The predicted octanol–water partition coefficient (Wildman–Crippen LogP) is 2.86. The van der Waals surface area contributed by atoms with Crippen molar-refractivity contribution < 1.29 is 14.3 Å². The minimum absolute atomic E-state index is 0.00683. The first-order chi connectivity index (χ1) is 8.83. The second-order valence-electron chi connectivity index (χ2n) is 5.40. The average Bonchev–Trinajstić information content (AvgIpc) is 2.48. The molecule has 0 spiro atoms. The third kappa shape index (κ3) is 5.12. The zero-order valence-electron chi connectivity index (χ0n) is 11.8. The highest BCUT2D eigenvalue weighted by Crippen LogP contribution is 2.16. The van der Waals surface area contributed by atoms with Crippen LogP contribution in [0.15, 0.2) is 37.0 Å². The van der Waals surface area contributed by atoms with Crippen molar-refractivity contribution in [2.45, 2.75) is 38.8 Å². The van der Waals surface area contributed by atoms with E-state index < -0.39 is 11.7 Å². The van der Waals surface area contributed by atoms with Gasteiger partial charge in [0.05, 0.1) is 6.04 Å². The summed E-state index contributed by atoms with van der Waals surface area (Å²) in [5.41, 5.74) is -0.562. The van der Waals surface area contributed by atoms with Gasteiger partial charge in [0.2, 0.25) is 0 Å². The minimum atomic E-state index is -0.562. The molecule has 0 saturated carbocycles. The van der Waals surface area contributed by atoms with Crippen molar-refractivity contribution in [3.63, 3.8) is 0 Å².